The zero-order chi connectivity index (χ0) is 31.0. The largest absolute Gasteiger partial charge is 0.506 e. The van der Waals surface area contributed by atoms with Gasteiger partial charge in [-0.15, -0.1) is 0 Å². The molecule has 0 saturated heterocycles. The van der Waals surface area contributed by atoms with Crippen LogP contribution in [0.5, 0.6) is 0 Å². The van der Waals surface area contributed by atoms with Gasteiger partial charge in [-0.05, 0) is 44.6 Å². The van der Waals surface area contributed by atoms with Crippen LogP contribution >= 0.6 is 26.8 Å². The van der Waals surface area contributed by atoms with E-state index in [1.54, 1.807) is 0 Å². The van der Waals surface area contributed by atoms with E-state index in [0.29, 0.717) is 0 Å². The Balaban J connectivity index is 1.21. The van der Waals surface area contributed by atoms with Crippen molar-refractivity contribution < 1.29 is 43.3 Å². The lowest BCUT2D eigenvalue weighted by atomic mass is 9.93. The summed E-state index contributed by atoms with van der Waals surface area (Å²) in [6.45, 7) is -0.850. The van der Waals surface area contributed by atoms with Crippen LogP contribution in [0.3, 0.4) is 0 Å². The molecule has 0 aliphatic carbocycles. The Kier molecular flexibility index (Phi) is 6.81. The summed E-state index contributed by atoms with van der Waals surface area (Å²) in [5.74, 6) is -2.29. The molecule has 3 atom stereocenters. The van der Waals surface area contributed by atoms with Crippen LogP contribution in [0.2, 0.25) is 5.28 Å². The molecule has 0 amide bonds. The molecular formula is C27H22ClN5O9P2. The molecule has 7 rings (SSSR count). The van der Waals surface area contributed by atoms with Crippen LogP contribution in [0.15, 0.2) is 72.4 Å². The van der Waals surface area contributed by atoms with Gasteiger partial charge in [-0.2, -0.15) is 9.97 Å². The molecule has 17 heteroatoms. The van der Waals surface area contributed by atoms with Crippen molar-refractivity contribution in [3.63, 3.8) is 0 Å². The third-order valence-electron chi connectivity index (χ3n) is 7.31. The zero-order valence-corrected chi connectivity index (χ0v) is 24.8. The second-order valence-electron chi connectivity index (χ2n) is 10.2. The van der Waals surface area contributed by atoms with Crippen LogP contribution in [0, 0.1) is 0 Å². The van der Waals surface area contributed by atoms with E-state index in [1.807, 2.05) is 30.3 Å². The van der Waals surface area contributed by atoms with Gasteiger partial charge in [0.25, 0.3) is 0 Å². The van der Waals surface area contributed by atoms with Crippen molar-refractivity contribution in [3.8, 4) is 0 Å². The number of nitrogens with zero attached hydrogens (tertiary/aromatic N) is 4. The Morgan fingerprint density at radius 3 is 2.39 bits per heavy atom. The van der Waals surface area contributed by atoms with E-state index in [9.17, 15) is 24.2 Å². The number of halogens is 1. The lowest BCUT2D eigenvalue weighted by Gasteiger charge is -2.18. The molecule has 1 aliphatic rings. The standard InChI is InChI=1S/C27H22ClN5O9P2/c28-27-31-24(30-17-9-7-15-5-4-13-2-1-3-14-6-8-16(17)20(15)19(13)14)21-25(32-27)33(11-29-21)26-23(35)22(34)18(42-26)10-41-44(39,40)12-43(36,37)38/h1-9,11,23,26,34-35H,10,12H2,(H,39,40)(H,30,31,32)(H2,36,37,38)/t23?,26-/m1/s1. The van der Waals surface area contributed by atoms with Crippen molar-refractivity contribution in [2.45, 2.75) is 12.3 Å². The molecule has 0 bridgehead atoms. The van der Waals surface area contributed by atoms with Gasteiger partial charge in [0, 0.05) is 11.1 Å². The summed E-state index contributed by atoms with van der Waals surface area (Å²) in [4.78, 5) is 40.7. The molecule has 226 valence electrons. The van der Waals surface area contributed by atoms with E-state index in [-0.39, 0.29) is 22.3 Å². The number of aromatic nitrogens is 4. The second kappa shape index (κ2) is 10.4. The molecule has 4 aromatic carbocycles. The van der Waals surface area contributed by atoms with Crippen LogP contribution in [0.4, 0.5) is 11.5 Å². The molecule has 44 heavy (non-hydrogen) atoms. The van der Waals surface area contributed by atoms with E-state index in [4.69, 9.17) is 30.6 Å². The van der Waals surface area contributed by atoms with Crippen LogP contribution in [-0.4, -0.2) is 63.0 Å². The van der Waals surface area contributed by atoms with Gasteiger partial charge >= 0.3 is 15.2 Å². The minimum Gasteiger partial charge on any atom is -0.506 e. The zero-order valence-electron chi connectivity index (χ0n) is 22.3. The van der Waals surface area contributed by atoms with Gasteiger partial charge in [0.15, 0.2) is 40.5 Å². The fraction of sp³-hybridized carbons (Fsp3) is 0.148. The number of rotatable bonds is 8. The van der Waals surface area contributed by atoms with E-state index in [2.05, 4.69) is 44.5 Å². The third-order valence-corrected chi connectivity index (χ3v) is 10.9. The highest BCUT2D eigenvalue weighted by Crippen LogP contribution is 2.55. The SMILES string of the molecule is O=P(O)(O)CP(=O)(O)OCC1=C(O)C(O)[C@H](n2cnc3c(Nc4ccc5ccc6cccc7ccc4c5c67)nc(Cl)nc32)O1. The van der Waals surface area contributed by atoms with E-state index < -0.39 is 51.6 Å². The number of hydrogen-bond acceptors (Lipinski definition) is 10. The van der Waals surface area contributed by atoms with Crippen LogP contribution in [0.1, 0.15) is 6.23 Å². The van der Waals surface area contributed by atoms with Gasteiger partial charge in [0.2, 0.25) is 11.5 Å². The van der Waals surface area contributed by atoms with E-state index >= 15 is 0 Å². The lowest BCUT2D eigenvalue weighted by molar-refractivity contribution is -0.0112. The summed E-state index contributed by atoms with van der Waals surface area (Å²) in [6.07, 6.45) is -1.72. The predicted octanol–water partition coefficient (Wildman–Crippen LogP) is 5.12. The maximum absolute atomic E-state index is 12.0. The van der Waals surface area contributed by atoms with Crippen LogP contribution < -0.4 is 5.32 Å². The first-order valence-electron chi connectivity index (χ1n) is 13.0. The Morgan fingerprint density at radius 2 is 1.66 bits per heavy atom. The Bertz CT molecular complexity index is 2220. The van der Waals surface area contributed by atoms with Gasteiger partial charge in [0.1, 0.15) is 12.9 Å². The minimum absolute atomic E-state index is 0.138. The first kappa shape index (κ1) is 28.9. The average Bonchev–Trinajstić information content (AvgIpc) is 3.50. The van der Waals surface area contributed by atoms with E-state index in [0.717, 1.165) is 38.0 Å². The van der Waals surface area contributed by atoms with Gasteiger partial charge in [-0.1, -0.05) is 48.5 Å². The Labute approximate surface area is 252 Å². The van der Waals surface area contributed by atoms with Crippen molar-refractivity contribution >= 4 is 81.8 Å². The van der Waals surface area contributed by atoms with Crippen molar-refractivity contribution in [1.29, 1.82) is 0 Å². The highest BCUT2D eigenvalue weighted by atomic mass is 35.5. The molecule has 0 fully saturated rings. The Morgan fingerprint density at radius 1 is 0.977 bits per heavy atom. The third kappa shape index (κ3) is 5.05. The van der Waals surface area contributed by atoms with Crippen molar-refractivity contribution in [2.75, 3.05) is 17.8 Å². The fourth-order valence-electron chi connectivity index (χ4n) is 5.46. The molecule has 2 unspecified atom stereocenters. The lowest BCUT2D eigenvalue weighted by Crippen LogP contribution is -2.22. The molecule has 0 saturated carbocycles. The highest BCUT2D eigenvalue weighted by molar-refractivity contribution is 7.70. The molecule has 0 radical (unpaired) electrons. The van der Waals surface area contributed by atoms with Gasteiger partial charge in [-0.25, -0.2) is 4.98 Å². The summed E-state index contributed by atoms with van der Waals surface area (Å²) in [6, 6.07) is 18.3. The molecular weight excluding hydrogens is 636 g/mol. The topological polar surface area (TPSA) is 209 Å². The number of aliphatic hydroxyl groups excluding tert-OH is 2. The van der Waals surface area contributed by atoms with Crippen molar-refractivity contribution in [1.82, 2.24) is 19.5 Å². The molecule has 1 aliphatic heterocycles. The van der Waals surface area contributed by atoms with Crippen molar-refractivity contribution in [2.24, 2.45) is 0 Å². The monoisotopic (exact) mass is 657 g/mol. The van der Waals surface area contributed by atoms with Crippen molar-refractivity contribution in [3.05, 3.63) is 77.7 Å². The first-order chi connectivity index (χ1) is 20.9. The maximum Gasteiger partial charge on any atom is 0.340 e. The minimum atomic E-state index is -4.87. The molecule has 2 aromatic heterocycles. The number of fused-ring (bicyclic) bond motifs is 1. The molecule has 3 heterocycles. The van der Waals surface area contributed by atoms with Crippen LogP contribution in [-0.2, 0) is 18.4 Å². The molecule has 6 N–H and O–H groups in total. The fourth-order valence-corrected chi connectivity index (χ4v) is 8.13. The molecule has 0 spiro atoms. The molecule has 14 nitrogen and oxygen atoms in total. The first-order valence-corrected chi connectivity index (χ1v) is 16.9. The summed E-state index contributed by atoms with van der Waals surface area (Å²) < 4.78 is 34.8. The number of hydrogen-bond donors (Lipinski definition) is 6. The molecule has 6 aromatic rings. The summed E-state index contributed by atoms with van der Waals surface area (Å²) in [7, 11) is -9.62. The smallest absolute Gasteiger partial charge is 0.340 e. The second-order valence-corrected chi connectivity index (χ2v) is 14.6. The van der Waals surface area contributed by atoms with Gasteiger partial charge < -0.3 is 34.9 Å². The van der Waals surface area contributed by atoms with Gasteiger partial charge in [0.05, 0.1) is 0 Å². The highest BCUT2D eigenvalue weighted by Gasteiger charge is 2.40. The number of anilines is 2. The summed E-state index contributed by atoms with van der Waals surface area (Å²) >= 11 is 6.31. The normalized spacial score (nSPS) is 18.9. The summed E-state index contributed by atoms with van der Waals surface area (Å²) in [5, 5.41) is 30.8. The number of imidazole rings is 1. The summed E-state index contributed by atoms with van der Waals surface area (Å²) in [5.41, 5.74) is 1.14. The maximum atomic E-state index is 12.0. The van der Waals surface area contributed by atoms with Crippen LogP contribution in [0.25, 0.3) is 43.5 Å². The average molecular weight is 658 g/mol. The van der Waals surface area contributed by atoms with E-state index in [1.165, 1.54) is 10.9 Å². The number of benzene rings is 4. The predicted molar refractivity (Wildman–Crippen MR) is 162 cm³/mol. The number of ether oxygens (including phenoxy) is 1. The Hall–Kier alpha value is -3.84. The quantitative estimate of drug-likeness (QED) is 0.0714. The number of aliphatic hydroxyl groups is 2. The van der Waals surface area contributed by atoms with Gasteiger partial charge in [-0.3, -0.25) is 18.2 Å². The number of nitrogens with one attached hydrogen (secondary N) is 1.